The normalized spacial score (nSPS) is 17.3. The van der Waals surface area contributed by atoms with Gasteiger partial charge in [0.25, 0.3) is 11.5 Å². The number of pyridine rings is 3. The Morgan fingerprint density at radius 3 is 2.66 bits per heavy atom. The van der Waals surface area contributed by atoms with Crippen LogP contribution in [0.5, 0.6) is 11.5 Å². The number of ether oxygens (including phenoxy) is 4. The molecule has 1 aliphatic heterocycles. The molecule has 0 bridgehead atoms. The number of benzene rings is 1. The molecule has 4 heterocycles. The number of carbonyl (C=O) groups is 2. The summed E-state index contributed by atoms with van der Waals surface area (Å²) in [5, 5.41) is 2.71. The summed E-state index contributed by atoms with van der Waals surface area (Å²) in [5.74, 6) is 1.29. The fraction of sp³-hybridized carbons (Fsp3) is 0.342. The Labute approximate surface area is 289 Å². The molecular weight excluding hydrogens is 638 g/mol. The van der Waals surface area contributed by atoms with Crippen molar-refractivity contribution in [2.75, 3.05) is 51.9 Å². The molecule has 1 aromatic carbocycles. The highest BCUT2D eigenvalue weighted by molar-refractivity contribution is 6.06. The number of fused-ring (bicyclic) bond motifs is 2. The number of carbonyl (C=O) groups excluding carboxylic acids is 2. The fourth-order valence-electron chi connectivity index (χ4n) is 6.60. The van der Waals surface area contributed by atoms with Crippen molar-refractivity contribution >= 4 is 23.6 Å². The summed E-state index contributed by atoms with van der Waals surface area (Å²) in [6, 6.07) is 15.5. The second kappa shape index (κ2) is 15.2. The van der Waals surface area contributed by atoms with E-state index in [9.17, 15) is 14.4 Å². The van der Waals surface area contributed by atoms with E-state index >= 15 is 0 Å². The van der Waals surface area contributed by atoms with Gasteiger partial charge in [-0.1, -0.05) is 18.2 Å². The first-order chi connectivity index (χ1) is 24.5. The smallest absolute Gasteiger partial charge is 0.268 e. The van der Waals surface area contributed by atoms with Crippen molar-refractivity contribution in [3.63, 3.8) is 0 Å². The maximum absolute atomic E-state index is 13.7. The van der Waals surface area contributed by atoms with Crippen LogP contribution in [0.15, 0.2) is 77.5 Å². The van der Waals surface area contributed by atoms with Crippen LogP contribution in [0.2, 0.25) is 0 Å². The molecule has 3 aliphatic rings. The highest BCUT2D eigenvalue weighted by atomic mass is 16.5. The predicted octanol–water partition coefficient (Wildman–Crippen LogP) is 4.84. The van der Waals surface area contributed by atoms with Gasteiger partial charge in [0.05, 0.1) is 31.7 Å². The first-order valence-corrected chi connectivity index (χ1v) is 17.0. The number of nitrogens with zero attached hydrogens (tertiary/aromatic N) is 4. The van der Waals surface area contributed by atoms with Crippen LogP contribution in [-0.2, 0) is 27.1 Å². The largest absolute Gasteiger partial charge is 0.495 e. The summed E-state index contributed by atoms with van der Waals surface area (Å²) < 4.78 is 25.1. The van der Waals surface area contributed by atoms with Crippen LogP contribution in [0.4, 0.5) is 5.82 Å². The number of hydrogen-bond acceptors (Lipinski definition) is 10. The van der Waals surface area contributed by atoms with Crippen molar-refractivity contribution in [2.45, 2.75) is 38.2 Å². The van der Waals surface area contributed by atoms with Gasteiger partial charge in [0.2, 0.25) is 0 Å². The zero-order chi connectivity index (χ0) is 34.5. The summed E-state index contributed by atoms with van der Waals surface area (Å²) in [6.45, 7) is 5.00. The van der Waals surface area contributed by atoms with Gasteiger partial charge in [-0.2, -0.15) is 0 Å². The SMILES string of the molecule is COC1Cc2c(Oc3ccc(NC(=O)c4cc5c(n(-c6ccccc6)c4=O)CCCC5=O)nc3)ccnc2C=C1OCCCN1CCOCC1. The third kappa shape index (κ3) is 7.23. The Hall–Kier alpha value is -5.17. The minimum Gasteiger partial charge on any atom is -0.495 e. The zero-order valence-electron chi connectivity index (χ0n) is 27.9. The highest BCUT2D eigenvalue weighted by Crippen LogP contribution is 2.34. The summed E-state index contributed by atoms with van der Waals surface area (Å²) >= 11 is 0. The third-order valence-corrected chi connectivity index (χ3v) is 9.19. The van der Waals surface area contributed by atoms with E-state index in [1.165, 1.54) is 16.8 Å². The van der Waals surface area contributed by atoms with E-state index < -0.39 is 11.5 Å². The van der Waals surface area contributed by atoms with Crippen LogP contribution in [0.3, 0.4) is 0 Å². The van der Waals surface area contributed by atoms with Crippen LogP contribution in [-0.4, -0.2) is 83.8 Å². The van der Waals surface area contributed by atoms with E-state index in [2.05, 4.69) is 20.2 Å². The molecule has 1 atom stereocenters. The molecule has 1 unspecified atom stereocenters. The zero-order valence-corrected chi connectivity index (χ0v) is 27.9. The number of para-hydroxylation sites is 1. The van der Waals surface area contributed by atoms with E-state index in [4.69, 9.17) is 18.9 Å². The van der Waals surface area contributed by atoms with Crippen molar-refractivity contribution in [1.29, 1.82) is 0 Å². The molecular formula is C38H39N5O7. The number of hydrogen-bond donors (Lipinski definition) is 1. The van der Waals surface area contributed by atoms with Crippen molar-refractivity contribution < 1.29 is 28.5 Å². The Kier molecular flexibility index (Phi) is 10.1. The average molecular weight is 678 g/mol. The molecule has 4 aromatic rings. The quantitative estimate of drug-likeness (QED) is 0.220. The van der Waals surface area contributed by atoms with E-state index in [0.29, 0.717) is 60.7 Å². The van der Waals surface area contributed by atoms with Gasteiger partial charge >= 0.3 is 0 Å². The van der Waals surface area contributed by atoms with Crippen LogP contribution in [0, 0.1) is 0 Å². The number of nitrogens with one attached hydrogen (secondary N) is 1. The van der Waals surface area contributed by atoms with Crippen molar-refractivity contribution in [3.05, 3.63) is 111 Å². The minimum atomic E-state index is -0.651. The molecule has 50 heavy (non-hydrogen) atoms. The Bertz CT molecular complexity index is 1950. The van der Waals surface area contributed by atoms with Crippen LogP contribution in [0.25, 0.3) is 11.8 Å². The number of ketones is 1. The lowest BCUT2D eigenvalue weighted by Crippen LogP contribution is -2.37. The third-order valence-electron chi connectivity index (χ3n) is 9.19. The lowest BCUT2D eigenvalue weighted by molar-refractivity contribution is 0.0300. The molecule has 2 aliphatic carbocycles. The maximum atomic E-state index is 13.7. The summed E-state index contributed by atoms with van der Waals surface area (Å²) in [5.41, 5.74) is 2.64. The molecule has 0 saturated carbocycles. The lowest BCUT2D eigenvalue weighted by atomic mass is 9.92. The first kappa shape index (κ1) is 33.3. The second-order valence-corrected chi connectivity index (χ2v) is 12.4. The van der Waals surface area contributed by atoms with Crippen LogP contribution >= 0.6 is 0 Å². The molecule has 12 nitrogen and oxygen atoms in total. The van der Waals surface area contributed by atoms with E-state index in [0.717, 1.165) is 56.3 Å². The van der Waals surface area contributed by atoms with Crippen molar-refractivity contribution in [3.8, 4) is 17.2 Å². The van der Waals surface area contributed by atoms with Crippen molar-refractivity contribution in [1.82, 2.24) is 19.4 Å². The van der Waals surface area contributed by atoms with Gasteiger partial charge in [-0.3, -0.25) is 28.8 Å². The van der Waals surface area contributed by atoms with E-state index in [1.54, 1.807) is 43.6 Å². The molecule has 3 aromatic heterocycles. The number of rotatable bonds is 11. The predicted molar refractivity (Wildman–Crippen MR) is 186 cm³/mol. The molecule has 1 amide bonds. The Morgan fingerprint density at radius 2 is 1.88 bits per heavy atom. The number of Topliss-reactive ketones (excluding diaryl/α,β-unsaturated/α-hetero) is 1. The number of morpholine rings is 1. The highest BCUT2D eigenvalue weighted by Gasteiger charge is 2.28. The number of anilines is 1. The molecule has 0 radical (unpaired) electrons. The number of amides is 1. The molecule has 0 spiro atoms. The lowest BCUT2D eigenvalue weighted by Gasteiger charge is -2.28. The van der Waals surface area contributed by atoms with Crippen LogP contribution in [0.1, 0.15) is 56.9 Å². The van der Waals surface area contributed by atoms with Gasteiger partial charge in [-0.25, -0.2) is 4.98 Å². The summed E-state index contributed by atoms with van der Waals surface area (Å²) in [7, 11) is 1.66. The topological polar surface area (TPSA) is 134 Å². The number of aromatic nitrogens is 3. The first-order valence-electron chi connectivity index (χ1n) is 17.0. The molecule has 1 fully saturated rings. The monoisotopic (exact) mass is 677 g/mol. The summed E-state index contributed by atoms with van der Waals surface area (Å²) in [6.07, 6.45) is 7.83. The van der Waals surface area contributed by atoms with E-state index in [1.807, 2.05) is 24.3 Å². The second-order valence-electron chi connectivity index (χ2n) is 12.4. The molecule has 1 N–H and O–H groups in total. The van der Waals surface area contributed by atoms with Crippen LogP contribution < -0.4 is 15.6 Å². The molecule has 1 saturated heterocycles. The summed E-state index contributed by atoms with van der Waals surface area (Å²) in [4.78, 5) is 51.3. The fourth-order valence-corrected chi connectivity index (χ4v) is 6.60. The standard InChI is InChI=1S/C38H39N5O7/c1-47-34-22-27-30(23-35(34)49-18-6-15-42-16-19-48-20-17-42)39-14-13-33(27)50-26-11-12-36(40-24-26)41-37(45)29-21-28-31(9-5-10-32(28)44)43(38(29)46)25-7-3-2-4-8-25/h2-4,7-8,11-14,21,23-24,34H,5-6,9-10,15-20,22H2,1H3,(H,40,41,45). The molecule has 7 rings (SSSR count). The van der Waals surface area contributed by atoms with E-state index in [-0.39, 0.29) is 23.3 Å². The minimum absolute atomic E-state index is 0.0848. The number of methoxy groups -OCH3 is 1. The Morgan fingerprint density at radius 1 is 1.04 bits per heavy atom. The maximum Gasteiger partial charge on any atom is 0.268 e. The van der Waals surface area contributed by atoms with Gasteiger partial charge in [0.1, 0.15) is 34.7 Å². The van der Waals surface area contributed by atoms with Gasteiger partial charge < -0.3 is 24.3 Å². The van der Waals surface area contributed by atoms with Gasteiger partial charge in [0, 0.05) is 74.4 Å². The average Bonchev–Trinajstić information content (AvgIpc) is 3.14. The van der Waals surface area contributed by atoms with Gasteiger partial charge in [-0.15, -0.1) is 0 Å². The molecule has 12 heteroatoms. The molecule has 258 valence electrons. The van der Waals surface area contributed by atoms with Gasteiger partial charge in [-0.05, 0) is 55.7 Å². The van der Waals surface area contributed by atoms with Gasteiger partial charge in [0.15, 0.2) is 5.78 Å². The Balaban J connectivity index is 1.04. The van der Waals surface area contributed by atoms with Crippen molar-refractivity contribution in [2.24, 2.45) is 0 Å².